The summed E-state index contributed by atoms with van der Waals surface area (Å²) in [5.74, 6) is 0.632. The summed E-state index contributed by atoms with van der Waals surface area (Å²) in [5.41, 5.74) is 3.97. The van der Waals surface area contributed by atoms with Gasteiger partial charge in [0.25, 0.3) is 0 Å². The van der Waals surface area contributed by atoms with Gasteiger partial charge in [-0.25, -0.2) is 4.98 Å². The monoisotopic (exact) mass is 352 g/mol. The van der Waals surface area contributed by atoms with E-state index in [1.54, 1.807) is 6.33 Å². The number of fused-ring (bicyclic) bond motifs is 2. The third kappa shape index (κ3) is 2.62. The molecule has 0 saturated carbocycles. The van der Waals surface area contributed by atoms with E-state index in [1.807, 2.05) is 83.4 Å². The SMILES string of the molecule is O=c1c(-c2ccccc2)c(Cn2cnc3ccccc32)oc2ccccc12. The van der Waals surface area contributed by atoms with Crippen molar-refractivity contribution in [3.8, 4) is 11.1 Å². The molecule has 0 saturated heterocycles. The van der Waals surface area contributed by atoms with Gasteiger partial charge in [0.05, 0.1) is 34.9 Å². The maximum atomic E-state index is 13.3. The predicted octanol–water partition coefficient (Wildman–Crippen LogP) is 4.86. The van der Waals surface area contributed by atoms with Crippen LogP contribution in [-0.4, -0.2) is 9.55 Å². The largest absolute Gasteiger partial charge is 0.458 e. The molecule has 0 amide bonds. The summed E-state index contributed by atoms with van der Waals surface area (Å²) >= 11 is 0. The highest BCUT2D eigenvalue weighted by atomic mass is 16.3. The summed E-state index contributed by atoms with van der Waals surface area (Å²) in [5, 5.41) is 0.593. The van der Waals surface area contributed by atoms with Gasteiger partial charge in [0, 0.05) is 0 Å². The molecule has 3 aromatic carbocycles. The highest BCUT2D eigenvalue weighted by molar-refractivity contribution is 5.83. The van der Waals surface area contributed by atoms with E-state index in [1.165, 1.54) is 0 Å². The summed E-state index contributed by atoms with van der Waals surface area (Å²) in [6, 6.07) is 25.0. The fourth-order valence-corrected chi connectivity index (χ4v) is 3.49. The Labute approximate surface area is 155 Å². The van der Waals surface area contributed by atoms with Crippen LogP contribution in [-0.2, 0) is 6.54 Å². The highest BCUT2D eigenvalue weighted by Crippen LogP contribution is 2.26. The van der Waals surface area contributed by atoms with Crippen LogP contribution in [0.25, 0.3) is 33.1 Å². The Kier molecular flexibility index (Phi) is 3.61. The van der Waals surface area contributed by atoms with Crippen LogP contribution in [0.15, 0.2) is 94.4 Å². The average Bonchev–Trinajstić information content (AvgIpc) is 3.12. The van der Waals surface area contributed by atoms with Crippen molar-refractivity contribution in [2.75, 3.05) is 0 Å². The molecule has 0 spiro atoms. The average molecular weight is 352 g/mol. The van der Waals surface area contributed by atoms with E-state index in [-0.39, 0.29) is 5.43 Å². The standard InChI is InChI=1S/C23H16N2O2/c26-23-17-10-4-7-13-20(17)27-21(22(23)16-8-2-1-3-9-16)14-25-15-24-18-11-5-6-12-19(18)25/h1-13,15H,14H2. The number of rotatable bonds is 3. The molecule has 27 heavy (non-hydrogen) atoms. The maximum Gasteiger partial charge on any atom is 0.200 e. The van der Waals surface area contributed by atoms with E-state index < -0.39 is 0 Å². The van der Waals surface area contributed by atoms with E-state index in [2.05, 4.69) is 4.98 Å². The lowest BCUT2D eigenvalue weighted by Gasteiger charge is -2.11. The van der Waals surface area contributed by atoms with E-state index >= 15 is 0 Å². The summed E-state index contributed by atoms with van der Waals surface area (Å²) < 4.78 is 8.21. The van der Waals surface area contributed by atoms with E-state index in [4.69, 9.17) is 4.42 Å². The molecule has 0 aliphatic carbocycles. The van der Waals surface area contributed by atoms with Crippen LogP contribution >= 0.6 is 0 Å². The first-order chi connectivity index (χ1) is 13.3. The van der Waals surface area contributed by atoms with Crippen molar-refractivity contribution in [1.29, 1.82) is 0 Å². The molecule has 0 N–H and O–H groups in total. The van der Waals surface area contributed by atoms with Gasteiger partial charge in [0.1, 0.15) is 11.3 Å². The molecule has 2 aromatic heterocycles. The van der Waals surface area contributed by atoms with Crippen LogP contribution in [0.1, 0.15) is 5.76 Å². The Morgan fingerprint density at radius 2 is 1.59 bits per heavy atom. The van der Waals surface area contributed by atoms with E-state index in [0.717, 1.165) is 16.6 Å². The second-order valence-corrected chi connectivity index (χ2v) is 6.45. The summed E-state index contributed by atoms with van der Waals surface area (Å²) in [4.78, 5) is 17.7. The van der Waals surface area contributed by atoms with Crippen molar-refractivity contribution < 1.29 is 4.42 Å². The van der Waals surface area contributed by atoms with Crippen molar-refractivity contribution in [1.82, 2.24) is 9.55 Å². The summed E-state index contributed by atoms with van der Waals surface area (Å²) in [6.07, 6.45) is 1.79. The van der Waals surface area contributed by atoms with Crippen LogP contribution in [0.4, 0.5) is 0 Å². The topological polar surface area (TPSA) is 48.0 Å². The number of benzene rings is 3. The Morgan fingerprint density at radius 3 is 2.48 bits per heavy atom. The fraction of sp³-hybridized carbons (Fsp3) is 0.0435. The molecule has 0 aliphatic rings. The molecule has 4 nitrogen and oxygen atoms in total. The van der Waals surface area contributed by atoms with Gasteiger partial charge in [-0.15, -0.1) is 0 Å². The van der Waals surface area contributed by atoms with Crippen molar-refractivity contribution in [3.05, 3.63) is 101 Å². The molecule has 0 bridgehead atoms. The molecule has 5 rings (SSSR count). The lowest BCUT2D eigenvalue weighted by Crippen LogP contribution is -2.11. The first-order valence-corrected chi connectivity index (χ1v) is 8.81. The lowest BCUT2D eigenvalue weighted by atomic mass is 10.0. The second-order valence-electron chi connectivity index (χ2n) is 6.45. The van der Waals surface area contributed by atoms with Crippen LogP contribution in [0, 0.1) is 0 Å². The third-order valence-corrected chi connectivity index (χ3v) is 4.77. The number of para-hydroxylation sites is 3. The smallest absolute Gasteiger partial charge is 0.200 e. The molecule has 0 atom stereocenters. The first kappa shape index (κ1) is 15.6. The molecule has 0 unspecified atom stereocenters. The highest BCUT2D eigenvalue weighted by Gasteiger charge is 2.17. The lowest BCUT2D eigenvalue weighted by molar-refractivity contribution is 0.522. The molecule has 0 fully saturated rings. The minimum atomic E-state index is -0.0116. The Morgan fingerprint density at radius 1 is 0.852 bits per heavy atom. The van der Waals surface area contributed by atoms with Gasteiger partial charge in [-0.3, -0.25) is 4.79 Å². The maximum absolute atomic E-state index is 13.3. The molecular weight excluding hydrogens is 336 g/mol. The van der Waals surface area contributed by atoms with Crippen LogP contribution < -0.4 is 5.43 Å². The molecule has 2 heterocycles. The van der Waals surface area contributed by atoms with Crippen LogP contribution in [0.5, 0.6) is 0 Å². The molecule has 4 heteroatoms. The van der Waals surface area contributed by atoms with Gasteiger partial charge in [0.15, 0.2) is 0 Å². The quantitative estimate of drug-likeness (QED) is 0.466. The molecule has 130 valence electrons. The van der Waals surface area contributed by atoms with Gasteiger partial charge in [-0.05, 0) is 29.8 Å². The molecule has 0 radical (unpaired) electrons. The van der Waals surface area contributed by atoms with Gasteiger partial charge in [-0.1, -0.05) is 54.6 Å². The zero-order valence-electron chi connectivity index (χ0n) is 14.5. The minimum Gasteiger partial charge on any atom is -0.458 e. The second kappa shape index (κ2) is 6.25. The van der Waals surface area contributed by atoms with Crippen LogP contribution in [0.3, 0.4) is 0 Å². The van der Waals surface area contributed by atoms with Crippen LogP contribution in [0.2, 0.25) is 0 Å². The zero-order chi connectivity index (χ0) is 18.2. The van der Waals surface area contributed by atoms with Crippen molar-refractivity contribution in [2.45, 2.75) is 6.54 Å². The van der Waals surface area contributed by atoms with Crippen molar-refractivity contribution >= 4 is 22.0 Å². The van der Waals surface area contributed by atoms with Crippen molar-refractivity contribution in [3.63, 3.8) is 0 Å². The first-order valence-electron chi connectivity index (χ1n) is 8.81. The van der Waals surface area contributed by atoms with Gasteiger partial charge in [0.2, 0.25) is 5.43 Å². The van der Waals surface area contributed by atoms with Gasteiger partial charge >= 0.3 is 0 Å². The number of aromatic nitrogens is 2. The van der Waals surface area contributed by atoms with Gasteiger partial charge in [-0.2, -0.15) is 0 Å². The molecule has 0 aliphatic heterocycles. The Hall–Kier alpha value is -3.66. The number of hydrogen-bond acceptors (Lipinski definition) is 3. The number of nitrogens with zero attached hydrogens (tertiary/aromatic N) is 2. The molecule has 5 aromatic rings. The third-order valence-electron chi connectivity index (χ3n) is 4.77. The normalized spacial score (nSPS) is 11.3. The summed E-state index contributed by atoms with van der Waals surface area (Å²) in [6.45, 7) is 0.435. The summed E-state index contributed by atoms with van der Waals surface area (Å²) in [7, 11) is 0. The van der Waals surface area contributed by atoms with E-state index in [9.17, 15) is 4.79 Å². The number of imidazole rings is 1. The minimum absolute atomic E-state index is 0.0116. The number of hydrogen-bond donors (Lipinski definition) is 0. The fourth-order valence-electron chi connectivity index (χ4n) is 3.49. The Balaban J connectivity index is 1.76. The van der Waals surface area contributed by atoms with E-state index in [0.29, 0.717) is 28.8 Å². The molecular formula is C23H16N2O2. The zero-order valence-corrected chi connectivity index (χ0v) is 14.5. The van der Waals surface area contributed by atoms with Gasteiger partial charge < -0.3 is 8.98 Å². The predicted molar refractivity (Wildman–Crippen MR) is 107 cm³/mol. The Bertz CT molecular complexity index is 1320. The van der Waals surface area contributed by atoms with Crippen molar-refractivity contribution in [2.24, 2.45) is 0 Å².